The van der Waals surface area contributed by atoms with Crippen LogP contribution in [0.5, 0.6) is 0 Å². The lowest BCUT2D eigenvalue weighted by Crippen LogP contribution is -2.31. The first-order valence-corrected chi connectivity index (χ1v) is 6.33. The summed E-state index contributed by atoms with van der Waals surface area (Å²) in [6, 6.07) is 2.79. The third-order valence-electron chi connectivity index (χ3n) is 4.10. The molecule has 96 valence electrons. The Bertz CT molecular complexity index is 454. The highest BCUT2D eigenvalue weighted by atomic mass is 19.1. The van der Waals surface area contributed by atoms with Gasteiger partial charge < -0.3 is 10.6 Å². The van der Waals surface area contributed by atoms with Crippen LogP contribution in [0.1, 0.15) is 19.3 Å². The van der Waals surface area contributed by atoms with E-state index in [1.54, 1.807) is 0 Å². The van der Waals surface area contributed by atoms with E-state index in [1.165, 1.54) is 18.3 Å². The molecule has 1 aliphatic heterocycles. The summed E-state index contributed by atoms with van der Waals surface area (Å²) in [7, 11) is 0. The number of hydrogen-bond acceptors (Lipinski definition) is 3. The third kappa shape index (κ3) is 2.10. The van der Waals surface area contributed by atoms with Gasteiger partial charge in [0.05, 0.1) is 11.9 Å². The molecule has 1 spiro atoms. The summed E-state index contributed by atoms with van der Waals surface area (Å²) in [6.45, 7) is 2.00. The topological polar surface area (TPSA) is 54.0 Å². The SMILES string of the molecule is O=C(Nc1ccc(F)nc1)C1CC12CCNCC2. The van der Waals surface area contributed by atoms with Crippen molar-refractivity contribution in [1.82, 2.24) is 10.3 Å². The number of hydrogen-bond donors (Lipinski definition) is 2. The van der Waals surface area contributed by atoms with Crippen LogP contribution in [-0.4, -0.2) is 24.0 Å². The highest BCUT2D eigenvalue weighted by Crippen LogP contribution is 2.58. The Kier molecular flexibility index (Phi) is 2.78. The lowest BCUT2D eigenvalue weighted by Gasteiger charge is -2.23. The van der Waals surface area contributed by atoms with E-state index in [9.17, 15) is 9.18 Å². The van der Waals surface area contributed by atoms with E-state index in [0.29, 0.717) is 5.69 Å². The molecule has 1 amide bonds. The minimum absolute atomic E-state index is 0.0466. The summed E-state index contributed by atoms with van der Waals surface area (Å²) in [5.74, 6) is -0.371. The second-order valence-electron chi connectivity index (χ2n) is 5.23. The molecule has 5 heteroatoms. The molecule has 2 heterocycles. The van der Waals surface area contributed by atoms with Gasteiger partial charge in [-0.1, -0.05) is 0 Å². The zero-order valence-electron chi connectivity index (χ0n) is 10.1. The summed E-state index contributed by atoms with van der Waals surface area (Å²) in [6.07, 6.45) is 4.49. The molecule has 4 nitrogen and oxygen atoms in total. The van der Waals surface area contributed by atoms with Crippen molar-refractivity contribution in [2.45, 2.75) is 19.3 Å². The summed E-state index contributed by atoms with van der Waals surface area (Å²) in [5.41, 5.74) is 0.792. The van der Waals surface area contributed by atoms with Crippen LogP contribution in [-0.2, 0) is 4.79 Å². The van der Waals surface area contributed by atoms with Crippen molar-refractivity contribution in [2.24, 2.45) is 11.3 Å². The first kappa shape index (κ1) is 11.6. The fourth-order valence-electron chi connectivity index (χ4n) is 2.87. The van der Waals surface area contributed by atoms with E-state index in [-0.39, 0.29) is 17.2 Å². The molecule has 2 aliphatic rings. The fourth-order valence-corrected chi connectivity index (χ4v) is 2.87. The Morgan fingerprint density at radius 1 is 1.44 bits per heavy atom. The van der Waals surface area contributed by atoms with Crippen LogP contribution in [0.3, 0.4) is 0 Å². The Morgan fingerprint density at radius 2 is 2.22 bits per heavy atom. The Balaban J connectivity index is 1.61. The molecule has 0 bridgehead atoms. The number of carbonyl (C=O) groups is 1. The quantitative estimate of drug-likeness (QED) is 0.782. The molecule has 2 fully saturated rings. The Labute approximate surface area is 105 Å². The number of nitrogens with zero attached hydrogens (tertiary/aromatic N) is 1. The van der Waals surface area contributed by atoms with E-state index in [0.717, 1.165) is 32.4 Å². The number of carbonyl (C=O) groups excluding carboxylic acids is 1. The molecule has 1 aliphatic carbocycles. The van der Waals surface area contributed by atoms with Crippen molar-refractivity contribution >= 4 is 11.6 Å². The monoisotopic (exact) mass is 249 g/mol. The normalized spacial score (nSPS) is 24.8. The van der Waals surface area contributed by atoms with Crippen LogP contribution in [0.4, 0.5) is 10.1 Å². The first-order valence-electron chi connectivity index (χ1n) is 6.33. The van der Waals surface area contributed by atoms with Crippen molar-refractivity contribution in [2.75, 3.05) is 18.4 Å². The van der Waals surface area contributed by atoms with Crippen LogP contribution < -0.4 is 10.6 Å². The molecule has 1 atom stereocenters. The number of pyridine rings is 1. The van der Waals surface area contributed by atoms with E-state index < -0.39 is 5.95 Å². The smallest absolute Gasteiger partial charge is 0.228 e. The average Bonchev–Trinajstić information content (AvgIpc) is 3.07. The zero-order chi connectivity index (χ0) is 12.6. The highest BCUT2D eigenvalue weighted by molar-refractivity contribution is 5.94. The highest BCUT2D eigenvalue weighted by Gasteiger charge is 2.57. The lowest BCUT2D eigenvalue weighted by molar-refractivity contribution is -0.118. The minimum Gasteiger partial charge on any atom is -0.324 e. The molecule has 1 unspecified atom stereocenters. The number of halogens is 1. The second kappa shape index (κ2) is 4.31. The number of anilines is 1. The Morgan fingerprint density at radius 3 is 2.89 bits per heavy atom. The van der Waals surface area contributed by atoms with Crippen molar-refractivity contribution in [3.05, 3.63) is 24.3 Å². The van der Waals surface area contributed by atoms with Crippen molar-refractivity contribution in [1.29, 1.82) is 0 Å². The molecule has 0 radical (unpaired) electrons. The predicted octanol–water partition coefficient (Wildman–Crippen LogP) is 1.55. The third-order valence-corrected chi connectivity index (χ3v) is 4.10. The summed E-state index contributed by atoms with van der Waals surface area (Å²) in [4.78, 5) is 15.6. The van der Waals surface area contributed by atoms with Crippen LogP contribution in [0.15, 0.2) is 18.3 Å². The van der Waals surface area contributed by atoms with Gasteiger partial charge in [0, 0.05) is 5.92 Å². The molecule has 1 aromatic rings. The van der Waals surface area contributed by atoms with Crippen molar-refractivity contribution < 1.29 is 9.18 Å². The standard InChI is InChI=1S/C13H16FN3O/c14-11-2-1-9(8-16-11)17-12(18)10-7-13(10)3-5-15-6-4-13/h1-2,8,10,15H,3-7H2,(H,17,18). The van der Waals surface area contributed by atoms with Crippen LogP contribution in [0.25, 0.3) is 0 Å². The van der Waals surface area contributed by atoms with Gasteiger partial charge in [-0.15, -0.1) is 0 Å². The molecule has 1 saturated heterocycles. The van der Waals surface area contributed by atoms with Gasteiger partial charge >= 0.3 is 0 Å². The van der Waals surface area contributed by atoms with E-state index >= 15 is 0 Å². The van der Waals surface area contributed by atoms with Gasteiger partial charge in [0.2, 0.25) is 11.9 Å². The number of piperidine rings is 1. The second-order valence-corrected chi connectivity index (χ2v) is 5.23. The average molecular weight is 249 g/mol. The molecular weight excluding hydrogens is 233 g/mol. The molecule has 3 rings (SSSR count). The molecule has 0 aromatic carbocycles. The maximum atomic E-state index is 12.6. The van der Waals surface area contributed by atoms with Crippen LogP contribution in [0, 0.1) is 17.3 Å². The number of rotatable bonds is 2. The van der Waals surface area contributed by atoms with Gasteiger partial charge in [-0.3, -0.25) is 4.79 Å². The number of nitrogens with one attached hydrogen (secondary N) is 2. The van der Waals surface area contributed by atoms with Gasteiger partial charge in [-0.05, 0) is 49.9 Å². The largest absolute Gasteiger partial charge is 0.324 e. The maximum Gasteiger partial charge on any atom is 0.228 e. The molecule has 2 N–H and O–H groups in total. The number of amides is 1. The zero-order valence-corrected chi connectivity index (χ0v) is 10.1. The predicted molar refractivity (Wildman–Crippen MR) is 65.5 cm³/mol. The van der Waals surface area contributed by atoms with Gasteiger partial charge in [0.1, 0.15) is 0 Å². The van der Waals surface area contributed by atoms with Crippen molar-refractivity contribution in [3.8, 4) is 0 Å². The van der Waals surface area contributed by atoms with Gasteiger partial charge in [-0.2, -0.15) is 4.39 Å². The maximum absolute atomic E-state index is 12.6. The first-order chi connectivity index (χ1) is 8.70. The van der Waals surface area contributed by atoms with Gasteiger partial charge in [0.15, 0.2) is 0 Å². The molecule has 1 saturated carbocycles. The lowest BCUT2D eigenvalue weighted by atomic mass is 9.92. The van der Waals surface area contributed by atoms with Gasteiger partial charge in [0.25, 0.3) is 0 Å². The van der Waals surface area contributed by atoms with Gasteiger partial charge in [-0.25, -0.2) is 4.98 Å². The number of aromatic nitrogens is 1. The summed E-state index contributed by atoms with van der Waals surface area (Å²) in [5, 5.41) is 6.13. The molecular formula is C13H16FN3O. The molecule has 1 aromatic heterocycles. The van der Waals surface area contributed by atoms with Crippen LogP contribution >= 0.6 is 0 Å². The summed E-state index contributed by atoms with van der Waals surface area (Å²) >= 11 is 0. The van der Waals surface area contributed by atoms with E-state index in [4.69, 9.17) is 0 Å². The summed E-state index contributed by atoms with van der Waals surface area (Å²) < 4.78 is 12.6. The molecule has 18 heavy (non-hydrogen) atoms. The fraction of sp³-hybridized carbons (Fsp3) is 0.538. The Hall–Kier alpha value is -1.49. The minimum atomic E-state index is -0.533. The van der Waals surface area contributed by atoms with Crippen molar-refractivity contribution in [3.63, 3.8) is 0 Å². The van der Waals surface area contributed by atoms with Crippen LogP contribution in [0.2, 0.25) is 0 Å². The van der Waals surface area contributed by atoms with E-state index in [1.807, 2.05) is 0 Å². The van der Waals surface area contributed by atoms with E-state index in [2.05, 4.69) is 15.6 Å².